The minimum atomic E-state index is -0.495. The number of fused-ring (bicyclic) bond motifs is 1. The zero-order valence-electron chi connectivity index (χ0n) is 11.0. The molecular formula is C15H18N2O2. The summed E-state index contributed by atoms with van der Waals surface area (Å²) in [7, 11) is 2.00. The van der Waals surface area contributed by atoms with Crippen LogP contribution in [0.15, 0.2) is 30.5 Å². The summed E-state index contributed by atoms with van der Waals surface area (Å²) in [4.78, 5) is 12.0. The SMILES string of the molecule is Cn1cc(CNC(=O)C2(CO)CC2)c2ccccc21. The quantitative estimate of drug-likeness (QED) is 0.874. The molecule has 2 aromatic rings. The van der Waals surface area contributed by atoms with E-state index in [4.69, 9.17) is 0 Å². The predicted octanol–water partition coefficient (Wildman–Crippen LogP) is 1.57. The molecule has 1 aromatic heterocycles. The first-order valence-electron chi connectivity index (χ1n) is 6.58. The molecule has 0 unspecified atom stereocenters. The summed E-state index contributed by atoms with van der Waals surface area (Å²) in [6, 6.07) is 8.14. The average Bonchev–Trinajstić information content (AvgIpc) is 3.18. The van der Waals surface area contributed by atoms with Crippen molar-refractivity contribution < 1.29 is 9.90 Å². The Morgan fingerprint density at radius 3 is 2.84 bits per heavy atom. The normalized spacial score (nSPS) is 16.5. The molecule has 1 aliphatic rings. The fourth-order valence-corrected chi connectivity index (χ4v) is 2.54. The van der Waals surface area contributed by atoms with Gasteiger partial charge in [-0.15, -0.1) is 0 Å². The first-order valence-corrected chi connectivity index (χ1v) is 6.58. The van der Waals surface area contributed by atoms with Crippen LogP contribution in [0.25, 0.3) is 10.9 Å². The summed E-state index contributed by atoms with van der Waals surface area (Å²) < 4.78 is 2.07. The van der Waals surface area contributed by atoms with E-state index < -0.39 is 5.41 Å². The number of amides is 1. The van der Waals surface area contributed by atoms with E-state index in [9.17, 15) is 9.90 Å². The third-order valence-electron chi connectivity index (χ3n) is 4.06. The van der Waals surface area contributed by atoms with Crippen LogP contribution in [-0.2, 0) is 18.4 Å². The number of hydrogen-bond donors (Lipinski definition) is 2. The van der Waals surface area contributed by atoms with Gasteiger partial charge in [0, 0.05) is 30.7 Å². The maximum absolute atomic E-state index is 12.0. The van der Waals surface area contributed by atoms with Gasteiger partial charge in [0.2, 0.25) is 5.91 Å². The second-order valence-corrected chi connectivity index (χ2v) is 5.40. The Balaban J connectivity index is 1.77. The van der Waals surface area contributed by atoms with Gasteiger partial charge >= 0.3 is 0 Å². The number of benzene rings is 1. The molecule has 2 N–H and O–H groups in total. The number of hydrogen-bond acceptors (Lipinski definition) is 2. The Morgan fingerprint density at radius 1 is 1.42 bits per heavy atom. The largest absolute Gasteiger partial charge is 0.395 e. The van der Waals surface area contributed by atoms with E-state index in [0.29, 0.717) is 6.54 Å². The summed E-state index contributed by atoms with van der Waals surface area (Å²) in [5.41, 5.74) is 1.78. The summed E-state index contributed by atoms with van der Waals surface area (Å²) in [5.74, 6) is -0.0251. The number of aliphatic hydroxyl groups is 1. The lowest BCUT2D eigenvalue weighted by molar-refractivity contribution is -0.127. The highest BCUT2D eigenvalue weighted by molar-refractivity contribution is 5.87. The van der Waals surface area contributed by atoms with E-state index in [1.54, 1.807) is 0 Å². The molecule has 0 radical (unpaired) electrons. The zero-order chi connectivity index (χ0) is 13.5. The third kappa shape index (κ3) is 2.02. The van der Waals surface area contributed by atoms with Crippen LogP contribution in [0, 0.1) is 5.41 Å². The summed E-state index contributed by atoms with van der Waals surface area (Å²) in [6.07, 6.45) is 3.64. The molecule has 1 aromatic carbocycles. The highest BCUT2D eigenvalue weighted by Gasteiger charge is 2.49. The Hall–Kier alpha value is -1.81. The first-order chi connectivity index (χ1) is 9.16. The topological polar surface area (TPSA) is 54.3 Å². The van der Waals surface area contributed by atoms with Crippen LogP contribution >= 0.6 is 0 Å². The van der Waals surface area contributed by atoms with Crippen molar-refractivity contribution in [3.63, 3.8) is 0 Å². The molecule has 100 valence electrons. The molecule has 3 rings (SSSR count). The van der Waals surface area contributed by atoms with E-state index in [2.05, 4.69) is 22.0 Å². The number of rotatable bonds is 4. The summed E-state index contributed by atoms with van der Waals surface area (Å²) in [6.45, 7) is 0.469. The van der Waals surface area contributed by atoms with Gasteiger partial charge in [-0.2, -0.15) is 0 Å². The molecule has 4 heteroatoms. The lowest BCUT2D eigenvalue weighted by Crippen LogP contribution is -2.33. The van der Waals surface area contributed by atoms with Gasteiger partial charge < -0.3 is 15.0 Å². The van der Waals surface area contributed by atoms with E-state index in [-0.39, 0.29) is 12.5 Å². The molecule has 1 saturated carbocycles. The lowest BCUT2D eigenvalue weighted by atomic mass is 10.1. The number of nitrogens with zero attached hydrogens (tertiary/aromatic N) is 1. The van der Waals surface area contributed by atoms with Gasteiger partial charge in [0.1, 0.15) is 0 Å². The van der Waals surface area contributed by atoms with Crippen molar-refractivity contribution in [3.8, 4) is 0 Å². The molecular weight excluding hydrogens is 240 g/mol. The van der Waals surface area contributed by atoms with Crippen LogP contribution in [0.4, 0.5) is 0 Å². The van der Waals surface area contributed by atoms with Crippen molar-refractivity contribution in [2.24, 2.45) is 12.5 Å². The van der Waals surface area contributed by atoms with Crippen LogP contribution < -0.4 is 5.32 Å². The Morgan fingerprint density at radius 2 is 2.16 bits per heavy atom. The molecule has 0 saturated heterocycles. The number of nitrogens with one attached hydrogen (secondary N) is 1. The maximum atomic E-state index is 12.0. The van der Waals surface area contributed by atoms with Gasteiger partial charge in [-0.1, -0.05) is 18.2 Å². The van der Waals surface area contributed by atoms with Crippen LogP contribution in [0.5, 0.6) is 0 Å². The van der Waals surface area contributed by atoms with Crippen molar-refractivity contribution >= 4 is 16.8 Å². The molecule has 1 amide bonds. The van der Waals surface area contributed by atoms with E-state index >= 15 is 0 Å². The Labute approximate surface area is 112 Å². The van der Waals surface area contributed by atoms with Crippen molar-refractivity contribution in [2.45, 2.75) is 19.4 Å². The van der Waals surface area contributed by atoms with Crippen molar-refractivity contribution in [1.29, 1.82) is 0 Å². The van der Waals surface area contributed by atoms with E-state index in [0.717, 1.165) is 23.9 Å². The predicted molar refractivity (Wildman–Crippen MR) is 73.5 cm³/mol. The molecule has 0 spiro atoms. The van der Waals surface area contributed by atoms with Crippen LogP contribution in [0.2, 0.25) is 0 Å². The standard InChI is InChI=1S/C15H18N2O2/c1-17-9-11(12-4-2-3-5-13(12)17)8-16-14(19)15(10-18)6-7-15/h2-5,9,18H,6-8,10H2,1H3,(H,16,19). The first kappa shape index (κ1) is 12.2. The fourth-order valence-electron chi connectivity index (χ4n) is 2.54. The summed E-state index contributed by atoms with van der Waals surface area (Å²) in [5, 5.41) is 13.3. The van der Waals surface area contributed by atoms with Gasteiger partial charge in [-0.3, -0.25) is 4.79 Å². The molecule has 1 fully saturated rings. The van der Waals surface area contributed by atoms with Gasteiger partial charge in [0.15, 0.2) is 0 Å². The summed E-state index contributed by atoms with van der Waals surface area (Å²) >= 11 is 0. The van der Waals surface area contributed by atoms with Crippen molar-refractivity contribution in [2.75, 3.05) is 6.61 Å². The van der Waals surface area contributed by atoms with Gasteiger partial charge in [0.25, 0.3) is 0 Å². The Bertz CT molecular complexity index is 626. The third-order valence-corrected chi connectivity index (χ3v) is 4.06. The molecule has 19 heavy (non-hydrogen) atoms. The van der Waals surface area contributed by atoms with Crippen molar-refractivity contribution in [3.05, 3.63) is 36.0 Å². The highest BCUT2D eigenvalue weighted by Crippen LogP contribution is 2.45. The molecule has 0 atom stereocenters. The fraction of sp³-hybridized carbons (Fsp3) is 0.400. The monoisotopic (exact) mass is 258 g/mol. The van der Waals surface area contributed by atoms with Gasteiger partial charge in [0.05, 0.1) is 12.0 Å². The molecule has 0 aliphatic heterocycles. The van der Waals surface area contributed by atoms with E-state index in [1.807, 2.05) is 25.4 Å². The molecule has 0 bridgehead atoms. The average molecular weight is 258 g/mol. The number of aliphatic hydroxyl groups excluding tert-OH is 1. The molecule has 4 nitrogen and oxygen atoms in total. The maximum Gasteiger partial charge on any atom is 0.228 e. The zero-order valence-corrected chi connectivity index (χ0v) is 11.0. The molecule has 1 heterocycles. The number of aryl methyl sites for hydroxylation is 1. The van der Waals surface area contributed by atoms with Gasteiger partial charge in [-0.25, -0.2) is 0 Å². The van der Waals surface area contributed by atoms with Gasteiger partial charge in [-0.05, 0) is 24.5 Å². The molecule has 1 aliphatic carbocycles. The van der Waals surface area contributed by atoms with Crippen LogP contribution in [0.1, 0.15) is 18.4 Å². The van der Waals surface area contributed by atoms with Crippen LogP contribution in [-0.4, -0.2) is 22.2 Å². The smallest absolute Gasteiger partial charge is 0.228 e. The second kappa shape index (κ2) is 4.38. The highest BCUT2D eigenvalue weighted by atomic mass is 16.3. The van der Waals surface area contributed by atoms with Crippen molar-refractivity contribution in [1.82, 2.24) is 9.88 Å². The number of aromatic nitrogens is 1. The minimum absolute atomic E-state index is 0.0251. The second-order valence-electron chi connectivity index (χ2n) is 5.40. The number of para-hydroxylation sites is 1. The number of carbonyl (C=O) groups is 1. The minimum Gasteiger partial charge on any atom is -0.395 e. The number of carbonyl (C=O) groups excluding carboxylic acids is 1. The lowest BCUT2D eigenvalue weighted by Gasteiger charge is -2.11. The van der Waals surface area contributed by atoms with E-state index in [1.165, 1.54) is 5.39 Å². The Kier molecular flexibility index (Phi) is 2.82. The van der Waals surface area contributed by atoms with Crippen LogP contribution in [0.3, 0.4) is 0 Å².